The Morgan fingerprint density at radius 3 is 2.20 bits per heavy atom. The molecule has 0 saturated carbocycles. The molecule has 0 aliphatic carbocycles. The molecular formula is C27H30FN3O4. The van der Waals surface area contributed by atoms with Crippen LogP contribution in [0.2, 0.25) is 0 Å². The van der Waals surface area contributed by atoms with Crippen LogP contribution in [0.3, 0.4) is 0 Å². The van der Waals surface area contributed by atoms with Crippen LogP contribution < -0.4 is 0 Å². The van der Waals surface area contributed by atoms with E-state index in [4.69, 9.17) is 4.74 Å². The first-order valence-corrected chi connectivity index (χ1v) is 12.3. The van der Waals surface area contributed by atoms with Crippen molar-refractivity contribution >= 4 is 17.7 Å². The van der Waals surface area contributed by atoms with Crippen LogP contribution in [-0.4, -0.2) is 77.0 Å². The van der Waals surface area contributed by atoms with E-state index in [1.54, 1.807) is 15.9 Å². The van der Waals surface area contributed by atoms with E-state index in [9.17, 15) is 18.8 Å². The molecule has 35 heavy (non-hydrogen) atoms. The van der Waals surface area contributed by atoms with E-state index in [-0.39, 0.29) is 24.3 Å². The van der Waals surface area contributed by atoms with Crippen molar-refractivity contribution in [3.05, 3.63) is 71.0 Å². The van der Waals surface area contributed by atoms with Crippen LogP contribution in [0, 0.1) is 12.7 Å². The third-order valence-corrected chi connectivity index (χ3v) is 7.48. The first-order chi connectivity index (χ1) is 16.9. The summed E-state index contributed by atoms with van der Waals surface area (Å²) in [5, 5.41) is 0. The Balaban J connectivity index is 1.40. The van der Waals surface area contributed by atoms with E-state index >= 15 is 0 Å². The summed E-state index contributed by atoms with van der Waals surface area (Å²) in [7, 11) is 0. The molecule has 1 unspecified atom stereocenters. The molecule has 7 nitrogen and oxygen atoms in total. The molecule has 1 spiro atoms. The van der Waals surface area contributed by atoms with Gasteiger partial charge in [0.2, 0.25) is 5.91 Å². The Bertz CT molecular complexity index is 1120. The molecular weight excluding hydrogens is 449 g/mol. The van der Waals surface area contributed by atoms with Gasteiger partial charge < -0.3 is 14.5 Å². The lowest BCUT2D eigenvalue weighted by Crippen LogP contribution is -2.60. The van der Waals surface area contributed by atoms with Gasteiger partial charge in [-0.2, -0.15) is 0 Å². The summed E-state index contributed by atoms with van der Waals surface area (Å²) in [6, 6.07) is 12.2. The molecule has 3 aliphatic heterocycles. The molecule has 2 aromatic rings. The van der Waals surface area contributed by atoms with E-state index in [0.717, 1.165) is 18.4 Å². The van der Waals surface area contributed by atoms with Gasteiger partial charge in [0.05, 0.1) is 6.61 Å². The molecule has 0 N–H and O–H groups in total. The first-order valence-electron chi connectivity index (χ1n) is 12.3. The minimum atomic E-state index is -0.945. The first kappa shape index (κ1) is 23.5. The maximum Gasteiger partial charge on any atom is 0.257 e. The van der Waals surface area contributed by atoms with Crippen molar-refractivity contribution in [2.45, 2.75) is 44.4 Å². The normalized spacial score (nSPS) is 21.5. The van der Waals surface area contributed by atoms with E-state index in [1.807, 2.05) is 30.0 Å². The van der Waals surface area contributed by atoms with Crippen LogP contribution in [0.1, 0.15) is 52.0 Å². The standard InChI is InChI=1S/C27H30FN3O4/c1-19-6-2-3-7-22(19)25(33)31-23(26(34)29-14-4-5-15-29)18-35-27(31)12-16-30(17-13-27)24(32)20-8-10-21(28)11-9-20/h2-3,6-11,23H,4-5,12-18H2,1H3. The minimum Gasteiger partial charge on any atom is -0.353 e. The van der Waals surface area contributed by atoms with Gasteiger partial charge in [-0.05, 0) is 55.7 Å². The second kappa shape index (κ2) is 9.41. The summed E-state index contributed by atoms with van der Waals surface area (Å²) in [5.74, 6) is -0.848. The van der Waals surface area contributed by atoms with Crippen LogP contribution in [0.15, 0.2) is 48.5 Å². The fraction of sp³-hybridized carbons (Fsp3) is 0.444. The molecule has 3 heterocycles. The highest BCUT2D eigenvalue weighted by molar-refractivity contribution is 5.99. The monoisotopic (exact) mass is 479 g/mol. The number of hydrogen-bond donors (Lipinski definition) is 0. The van der Waals surface area contributed by atoms with Gasteiger partial charge in [0.25, 0.3) is 11.8 Å². The summed E-state index contributed by atoms with van der Waals surface area (Å²) in [6.07, 6.45) is 2.75. The fourth-order valence-corrected chi connectivity index (χ4v) is 5.48. The number of halogens is 1. The number of ether oxygens (including phenoxy) is 1. The zero-order chi connectivity index (χ0) is 24.6. The van der Waals surface area contributed by atoms with Gasteiger partial charge in [-0.3, -0.25) is 19.3 Å². The molecule has 1 atom stereocenters. The van der Waals surface area contributed by atoms with Crippen LogP contribution in [-0.2, 0) is 9.53 Å². The number of piperidine rings is 1. The number of amides is 3. The van der Waals surface area contributed by atoms with E-state index in [2.05, 4.69) is 0 Å². The Kier molecular flexibility index (Phi) is 6.32. The number of hydrogen-bond acceptors (Lipinski definition) is 4. The molecule has 0 aromatic heterocycles. The molecule has 0 bridgehead atoms. The number of likely N-dealkylation sites (tertiary alicyclic amines) is 2. The van der Waals surface area contributed by atoms with Gasteiger partial charge in [0.15, 0.2) is 0 Å². The summed E-state index contributed by atoms with van der Waals surface area (Å²) in [6.45, 7) is 4.19. The van der Waals surface area contributed by atoms with Crippen molar-refractivity contribution in [3.8, 4) is 0 Å². The average molecular weight is 480 g/mol. The number of benzene rings is 2. The average Bonchev–Trinajstić information content (AvgIpc) is 3.53. The fourth-order valence-electron chi connectivity index (χ4n) is 5.48. The van der Waals surface area contributed by atoms with Crippen LogP contribution >= 0.6 is 0 Å². The maximum absolute atomic E-state index is 13.9. The quantitative estimate of drug-likeness (QED) is 0.678. The lowest BCUT2D eigenvalue weighted by molar-refractivity contribution is -0.136. The van der Waals surface area contributed by atoms with Gasteiger partial charge in [-0.1, -0.05) is 18.2 Å². The smallest absolute Gasteiger partial charge is 0.257 e. The predicted octanol–water partition coefficient (Wildman–Crippen LogP) is 3.23. The molecule has 2 aromatic carbocycles. The number of carbonyl (C=O) groups is 3. The Morgan fingerprint density at radius 2 is 1.54 bits per heavy atom. The number of aryl methyl sites for hydroxylation is 1. The Hall–Kier alpha value is -3.26. The molecule has 184 valence electrons. The summed E-state index contributed by atoms with van der Waals surface area (Å²) >= 11 is 0. The third-order valence-electron chi connectivity index (χ3n) is 7.48. The Labute approximate surface area is 204 Å². The van der Waals surface area contributed by atoms with Crippen LogP contribution in [0.5, 0.6) is 0 Å². The minimum absolute atomic E-state index is 0.0638. The highest BCUT2D eigenvalue weighted by Gasteiger charge is 2.55. The van der Waals surface area contributed by atoms with E-state index in [1.165, 1.54) is 24.3 Å². The zero-order valence-electron chi connectivity index (χ0n) is 19.9. The van der Waals surface area contributed by atoms with E-state index in [0.29, 0.717) is 50.1 Å². The van der Waals surface area contributed by atoms with Gasteiger partial charge >= 0.3 is 0 Å². The number of carbonyl (C=O) groups excluding carboxylic acids is 3. The highest BCUT2D eigenvalue weighted by Crippen LogP contribution is 2.39. The lowest BCUT2D eigenvalue weighted by Gasteiger charge is -2.45. The van der Waals surface area contributed by atoms with Crippen molar-refractivity contribution in [3.63, 3.8) is 0 Å². The van der Waals surface area contributed by atoms with Gasteiger partial charge in [-0.15, -0.1) is 0 Å². The molecule has 3 saturated heterocycles. The van der Waals surface area contributed by atoms with Crippen molar-refractivity contribution in [2.75, 3.05) is 32.8 Å². The second-order valence-corrected chi connectivity index (χ2v) is 9.59. The van der Waals surface area contributed by atoms with Gasteiger partial charge in [0, 0.05) is 50.1 Å². The maximum atomic E-state index is 13.9. The Morgan fingerprint density at radius 1 is 0.886 bits per heavy atom. The van der Waals surface area contributed by atoms with Crippen molar-refractivity contribution in [1.29, 1.82) is 0 Å². The zero-order valence-corrected chi connectivity index (χ0v) is 19.9. The molecule has 3 fully saturated rings. The van der Waals surface area contributed by atoms with E-state index < -0.39 is 17.6 Å². The lowest BCUT2D eigenvalue weighted by atomic mass is 9.95. The molecule has 3 aliphatic rings. The molecule has 8 heteroatoms. The van der Waals surface area contributed by atoms with Crippen molar-refractivity contribution < 1.29 is 23.5 Å². The third kappa shape index (κ3) is 4.31. The SMILES string of the molecule is Cc1ccccc1C(=O)N1C(C(=O)N2CCCC2)COC12CCN(C(=O)c1ccc(F)cc1)CC2. The van der Waals surface area contributed by atoms with Gasteiger partial charge in [-0.25, -0.2) is 4.39 Å². The largest absolute Gasteiger partial charge is 0.353 e. The second-order valence-electron chi connectivity index (χ2n) is 9.59. The predicted molar refractivity (Wildman–Crippen MR) is 127 cm³/mol. The van der Waals surface area contributed by atoms with Crippen LogP contribution in [0.4, 0.5) is 4.39 Å². The van der Waals surface area contributed by atoms with Crippen molar-refractivity contribution in [2.24, 2.45) is 0 Å². The summed E-state index contributed by atoms with van der Waals surface area (Å²) < 4.78 is 19.6. The summed E-state index contributed by atoms with van der Waals surface area (Å²) in [4.78, 5) is 45.5. The highest BCUT2D eigenvalue weighted by atomic mass is 19.1. The molecule has 5 rings (SSSR count). The van der Waals surface area contributed by atoms with Crippen molar-refractivity contribution in [1.82, 2.24) is 14.7 Å². The number of rotatable bonds is 3. The molecule has 0 radical (unpaired) electrons. The molecule has 3 amide bonds. The summed E-state index contributed by atoms with van der Waals surface area (Å²) in [5.41, 5.74) is 0.876. The van der Waals surface area contributed by atoms with Crippen LogP contribution in [0.25, 0.3) is 0 Å². The number of nitrogens with zero attached hydrogens (tertiary/aromatic N) is 3. The topological polar surface area (TPSA) is 70.2 Å². The van der Waals surface area contributed by atoms with Gasteiger partial charge in [0.1, 0.15) is 17.6 Å².